The van der Waals surface area contributed by atoms with Crippen molar-refractivity contribution in [3.05, 3.63) is 47.0 Å². The van der Waals surface area contributed by atoms with Gasteiger partial charge < -0.3 is 20.1 Å². The molecule has 7 heteroatoms. The van der Waals surface area contributed by atoms with Crippen LogP contribution >= 0.6 is 15.9 Å². The van der Waals surface area contributed by atoms with Crippen molar-refractivity contribution in [2.75, 3.05) is 13.3 Å². The lowest BCUT2D eigenvalue weighted by molar-refractivity contribution is 0.0483. The van der Waals surface area contributed by atoms with Crippen LogP contribution in [0, 0.1) is 0 Å². The number of hydrogen-bond acceptors (Lipinski definition) is 5. The van der Waals surface area contributed by atoms with E-state index in [1.54, 1.807) is 13.8 Å². The Morgan fingerprint density at radius 1 is 1.46 bits per heavy atom. The minimum absolute atomic E-state index is 0.178. The molecule has 2 N–H and O–H groups in total. The third-order valence-electron chi connectivity index (χ3n) is 4.62. The summed E-state index contributed by atoms with van der Waals surface area (Å²) in [6.07, 6.45) is 3.83. The van der Waals surface area contributed by atoms with Crippen molar-refractivity contribution in [3.63, 3.8) is 0 Å². The first-order valence-electron chi connectivity index (χ1n) is 9.61. The Balaban J connectivity index is 2.98. The van der Waals surface area contributed by atoms with Crippen LogP contribution in [0.5, 0.6) is 0 Å². The van der Waals surface area contributed by atoms with Crippen LogP contribution in [0.4, 0.5) is 0 Å². The second kappa shape index (κ2) is 10.0. The molecule has 1 aliphatic heterocycles. The van der Waals surface area contributed by atoms with Crippen LogP contribution in [0.25, 0.3) is 0 Å². The summed E-state index contributed by atoms with van der Waals surface area (Å²) >= 11 is 3.45. The fourth-order valence-corrected chi connectivity index (χ4v) is 3.21. The highest BCUT2D eigenvalue weighted by Gasteiger charge is 2.29. The first-order valence-corrected chi connectivity index (χ1v) is 14.1. The first kappa shape index (κ1) is 24.9. The Morgan fingerprint density at radius 2 is 2.07 bits per heavy atom. The summed E-state index contributed by atoms with van der Waals surface area (Å²) in [6.45, 7) is 23.9. The van der Waals surface area contributed by atoms with Gasteiger partial charge in [0.15, 0.2) is 0 Å². The van der Waals surface area contributed by atoms with Gasteiger partial charge in [0.1, 0.15) is 11.3 Å². The van der Waals surface area contributed by atoms with Gasteiger partial charge in [0.05, 0.1) is 23.1 Å². The molecule has 0 saturated carbocycles. The molecule has 1 aliphatic rings. The van der Waals surface area contributed by atoms with Crippen LogP contribution in [0.1, 0.15) is 27.7 Å². The SMILES string of the molecule is C=C(N[C@H](C)C(C)(C)O)C1=CN(COCC[Si](C)(C)C)C(=C)C1=N/C(Br)=C\C. The van der Waals surface area contributed by atoms with Crippen molar-refractivity contribution in [1.82, 2.24) is 10.2 Å². The van der Waals surface area contributed by atoms with E-state index < -0.39 is 13.7 Å². The molecule has 0 amide bonds. The van der Waals surface area contributed by atoms with Gasteiger partial charge in [-0.2, -0.15) is 0 Å². The molecule has 0 spiro atoms. The number of allylic oxidation sites excluding steroid dienone is 3. The smallest absolute Gasteiger partial charge is 0.122 e. The van der Waals surface area contributed by atoms with Gasteiger partial charge in [-0.05, 0) is 49.7 Å². The molecular weight excluding hydrogens is 434 g/mol. The molecule has 0 fully saturated rings. The van der Waals surface area contributed by atoms with Crippen molar-refractivity contribution in [2.45, 2.75) is 65.0 Å². The summed E-state index contributed by atoms with van der Waals surface area (Å²) in [6, 6.07) is 0.939. The average molecular weight is 471 g/mol. The van der Waals surface area contributed by atoms with Crippen molar-refractivity contribution in [1.29, 1.82) is 0 Å². The lowest BCUT2D eigenvalue weighted by atomic mass is 9.99. The Morgan fingerprint density at radius 3 is 2.57 bits per heavy atom. The van der Waals surface area contributed by atoms with Gasteiger partial charge >= 0.3 is 0 Å². The van der Waals surface area contributed by atoms with Crippen LogP contribution in [-0.4, -0.2) is 48.8 Å². The molecule has 1 rings (SSSR count). The van der Waals surface area contributed by atoms with Gasteiger partial charge in [0, 0.05) is 32.2 Å². The molecule has 5 nitrogen and oxygen atoms in total. The molecule has 1 heterocycles. The molecule has 28 heavy (non-hydrogen) atoms. The van der Waals surface area contributed by atoms with Gasteiger partial charge in [0.25, 0.3) is 0 Å². The zero-order valence-electron chi connectivity index (χ0n) is 18.4. The van der Waals surface area contributed by atoms with E-state index in [1.807, 2.05) is 31.0 Å². The fourth-order valence-electron chi connectivity index (χ4n) is 2.28. The Bertz CT molecular complexity index is 685. The molecule has 0 unspecified atom stereocenters. The van der Waals surface area contributed by atoms with Crippen LogP contribution < -0.4 is 5.32 Å². The Kier molecular flexibility index (Phi) is 8.93. The topological polar surface area (TPSA) is 57.1 Å². The molecule has 0 radical (unpaired) electrons. The van der Waals surface area contributed by atoms with E-state index in [-0.39, 0.29) is 6.04 Å². The molecule has 0 saturated heterocycles. The molecule has 1 atom stereocenters. The van der Waals surface area contributed by atoms with Crippen LogP contribution in [0.3, 0.4) is 0 Å². The van der Waals surface area contributed by atoms with Gasteiger partial charge in [-0.3, -0.25) is 0 Å². The number of nitrogens with one attached hydrogen (secondary N) is 1. The highest BCUT2D eigenvalue weighted by molar-refractivity contribution is 9.11. The predicted molar refractivity (Wildman–Crippen MR) is 126 cm³/mol. The maximum absolute atomic E-state index is 10.2. The quantitative estimate of drug-likeness (QED) is 0.269. The number of nitrogens with zero attached hydrogens (tertiary/aromatic N) is 2. The van der Waals surface area contributed by atoms with Gasteiger partial charge in [-0.15, -0.1) is 0 Å². The molecule has 0 bridgehead atoms. The number of ether oxygens (including phenoxy) is 1. The van der Waals surface area contributed by atoms with Crippen molar-refractivity contribution >= 4 is 29.7 Å². The lowest BCUT2D eigenvalue weighted by Gasteiger charge is -2.28. The number of aliphatic hydroxyl groups is 1. The summed E-state index contributed by atoms with van der Waals surface area (Å²) < 4.78 is 6.61. The zero-order valence-corrected chi connectivity index (χ0v) is 21.0. The third kappa shape index (κ3) is 7.70. The second-order valence-corrected chi connectivity index (χ2v) is 15.3. The molecule has 0 aromatic carbocycles. The third-order valence-corrected chi connectivity index (χ3v) is 6.96. The van der Waals surface area contributed by atoms with Gasteiger partial charge in [-0.25, -0.2) is 4.99 Å². The second-order valence-electron chi connectivity index (χ2n) is 8.88. The van der Waals surface area contributed by atoms with E-state index in [9.17, 15) is 5.11 Å². The van der Waals surface area contributed by atoms with Crippen molar-refractivity contribution in [2.24, 2.45) is 4.99 Å². The number of hydrogen-bond donors (Lipinski definition) is 2. The van der Waals surface area contributed by atoms with E-state index in [1.165, 1.54) is 0 Å². The van der Waals surface area contributed by atoms with Gasteiger partial charge in [0.2, 0.25) is 0 Å². The van der Waals surface area contributed by atoms with E-state index in [2.05, 4.69) is 59.0 Å². The summed E-state index contributed by atoms with van der Waals surface area (Å²) in [5, 5.41) is 13.5. The summed E-state index contributed by atoms with van der Waals surface area (Å²) in [7, 11) is -1.13. The monoisotopic (exact) mass is 469 g/mol. The minimum atomic E-state index is -1.13. The molecule has 158 valence electrons. The van der Waals surface area contributed by atoms with Gasteiger partial charge in [-0.1, -0.05) is 38.9 Å². The number of rotatable bonds is 10. The first-order chi connectivity index (χ1) is 12.8. The standard InChI is InChI=1S/C21H36BrN3O2Si/c1-10-19(22)24-20-16(3)25(14-27-11-12-28(7,8)9)13-18(20)15(2)23-17(4)21(5,6)26/h10,13,17,23,26H,2-3,11-12,14H2,1,4-9H3/b19-10-,24-20?/t17-/m1/s1. The number of halogens is 1. The summed E-state index contributed by atoms with van der Waals surface area (Å²) in [5.74, 6) is 0. The van der Waals surface area contributed by atoms with E-state index in [4.69, 9.17) is 4.74 Å². The Hall–Kier alpha value is -1.15. The van der Waals surface area contributed by atoms with E-state index in [0.29, 0.717) is 12.4 Å². The highest BCUT2D eigenvalue weighted by Crippen LogP contribution is 2.28. The van der Waals surface area contributed by atoms with Crippen LogP contribution in [-0.2, 0) is 4.74 Å². The van der Waals surface area contributed by atoms with Crippen LogP contribution in [0.2, 0.25) is 25.7 Å². The minimum Gasteiger partial charge on any atom is -0.388 e. The maximum Gasteiger partial charge on any atom is 0.122 e. The lowest BCUT2D eigenvalue weighted by Crippen LogP contribution is -2.44. The molecule has 0 aliphatic carbocycles. The maximum atomic E-state index is 10.2. The fraction of sp³-hybridized carbons (Fsp3) is 0.571. The Labute approximate surface area is 180 Å². The normalized spacial score (nSPS) is 18.5. The molecule has 0 aromatic rings. The predicted octanol–water partition coefficient (Wildman–Crippen LogP) is 4.97. The van der Waals surface area contributed by atoms with E-state index in [0.717, 1.165) is 34.2 Å². The number of aliphatic imine (C=N–C) groups is 1. The molecule has 0 aromatic heterocycles. The van der Waals surface area contributed by atoms with Crippen molar-refractivity contribution < 1.29 is 9.84 Å². The van der Waals surface area contributed by atoms with Crippen LogP contribution in [0.15, 0.2) is 52.0 Å². The highest BCUT2D eigenvalue weighted by atomic mass is 79.9. The van der Waals surface area contributed by atoms with Crippen molar-refractivity contribution in [3.8, 4) is 0 Å². The zero-order chi connectivity index (χ0) is 21.7. The largest absolute Gasteiger partial charge is 0.388 e. The average Bonchev–Trinajstić information content (AvgIpc) is 2.86. The summed E-state index contributed by atoms with van der Waals surface area (Å²) in [4.78, 5) is 6.59. The summed E-state index contributed by atoms with van der Waals surface area (Å²) in [5.41, 5.74) is 2.16. The molecular formula is C21H36BrN3O2Si. The van der Waals surface area contributed by atoms with E-state index >= 15 is 0 Å².